The van der Waals surface area contributed by atoms with E-state index in [4.69, 9.17) is 4.74 Å². The number of hydrogen-bond donors (Lipinski definition) is 0. The summed E-state index contributed by atoms with van der Waals surface area (Å²) in [6, 6.07) is 16.3. The highest BCUT2D eigenvalue weighted by atomic mass is 79.9. The first-order valence-corrected chi connectivity index (χ1v) is 9.67. The summed E-state index contributed by atoms with van der Waals surface area (Å²) in [5.74, 6) is 0. The second kappa shape index (κ2) is 7.67. The standard InChI is InChI=1S/C22H24BrNO2/c1-4-13-22(19-9-5-16(2)6-10-19)14-15-24(21(25)26-22)17(3)18-7-11-20(23)12-8-18/h4-12,17H,1,13-15H2,2-3H3/t17?,22-/m0/s1. The van der Waals surface area contributed by atoms with Crippen molar-refractivity contribution in [1.82, 2.24) is 4.90 Å². The number of aryl methyl sites for hydroxylation is 1. The molecule has 1 saturated heterocycles. The Labute approximate surface area is 163 Å². The zero-order valence-corrected chi connectivity index (χ0v) is 16.8. The predicted octanol–water partition coefficient (Wildman–Crippen LogP) is 6.13. The van der Waals surface area contributed by atoms with Crippen LogP contribution in [0.5, 0.6) is 0 Å². The number of carbonyl (C=O) groups is 1. The Hall–Kier alpha value is -2.07. The summed E-state index contributed by atoms with van der Waals surface area (Å²) in [6.07, 6.45) is 2.92. The van der Waals surface area contributed by atoms with Crippen LogP contribution in [0.25, 0.3) is 0 Å². The Balaban J connectivity index is 1.83. The molecule has 3 nitrogen and oxygen atoms in total. The van der Waals surface area contributed by atoms with Gasteiger partial charge in [0.2, 0.25) is 0 Å². The molecule has 1 heterocycles. The van der Waals surface area contributed by atoms with Crippen LogP contribution >= 0.6 is 15.9 Å². The number of ether oxygens (including phenoxy) is 1. The molecule has 26 heavy (non-hydrogen) atoms. The number of carbonyl (C=O) groups excluding carboxylic acids is 1. The van der Waals surface area contributed by atoms with E-state index in [0.717, 1.165) is 22.0 Å². The number of halogens is 1. The van der Waals surface area contributed by atoms with Crippen molar-refractivity contribution < 1.29 is 9.53 Å². The molecule has 2 aromatic rings. The van der Waals surface area contributed by atoms with Gasteiger partial charge in [0.15, 0.2) is 0 Å². The molecule has 136 valence electrons. The first-order valence-electron chi connectivity index (χ1n) is 8.88. The van der Waals surface area contributed by atoms with E-state index in [0.29, 0.717) is 13.0 Å². The van der Waals surface area contributed by atoms with Gasteiger partial charge in [-0.05, 0) is 37.1 Å². The minimum absolute atomic E-state index is 0.0321. The van der Waals surface area contributed by atoms with Crippen LogP contribution in [0.1, 0.15) is 42.5 Å². The van der Waals surface area contributed by atoms with Crippen molar-refractivity contribution in [3.63, 3.8) is 0 Å². The molecule has 0 radical (unpaired) electrons. The first kappa shape index (κ1) is 18.7. The smallest absolute Gasteiger partial charge is 0.411 e. The van der Waals surface area contributed by atoms with Crippen LogP contribution in [0.2, 0.25) is 0 Å². The summed E-state index contributed by atoms with van der Waals surface area (Å²) in [6.45, 7) is 8.61. The fraction of sp³-hybridized carbons (Fsp3) is 0.318. The minimum atomic E-state index is -0.623. The number of cyclic esters (lactones) is 1. The van der Waals surface area contributed by atoms with Gasteiger partial charge in [0.1, 0.15) is 5.60 Å². The average molecular weight is 414 g/mol. The molecular formula is C22H24BrNO2. The third-order valence-electron chi connectivity index (χ3n) is 5.15. The largest absolute Gasteiger partial charge is 0.437 e. The molecule has 1 aliphatic heterocycles. The monoisotopic (exact) mass is 413 g/mol. The normalized spacial score (nSPS) is 21.2. The Morgan fingerprint density at radius 2 is 1.88 bits per heavy atom. The molecule has 4 heteroatoms. The van der Waals surface area contributed by atoms with Crippen molar-refractivity contribution in [2.45, 2.75) is 38.3 Å². The molecule has 0 aromatic heterocycles. The van der Waals surface area contributed by atoms with Gasteiger partial charge in [0.25, 0.3) is 0 Å². The van der Waals surface area contributed by atoms with Crippen LogP contribution < -0.4 is 0 Å². The number of nitrogens with zero attached hydrogens (tertiary/aromatic N) is 1. The Bertz CT molecular complexity index is 785. The summed E-state index contributed by atoms with van der Waals surface area (Å²) >= 11 is 3.45. The highest BCUT2D eigenvalue weighted by molar-refractivity contribution is 9.10. The van der Waals surface area contributed by atoms with Crippen LogP contribution in [0.4, 0.5) is 4.79 Å². The molecule has 2 atom stereocenters. The fourth-order valence-corrected chi connectivity index (χ4v) is 3.76. The maximum Gasteiger partial charge on any atom is 0.411 e. The lowest BCUT2D eigenvalue weighted by molar-refractivity contribution is -0.0588. The van der Waals surface area contributed by atoms with Crippen LogP contribution in [0, 0.1) is 6.92 Å². The minimum Gasteiger partial charge on any atom is -0.437 e. The summed E-state index contributed by atoms with van der Waals surface area (Å²) in [7, 11) is 0. The predicted molar refractivity (Wildman–Crippen MR) is 108 cm³/mol. The van der Waals surface area contributed by atoms with E-state index in [1.165, 1.54) is 5.56 Å². The Kier molecular flexibility index (Phi) is 5.52. The van der Waals surface area contributed by atoms with Gasteiger partial charge in [-0.1, -0.05) is 64.0 Å². The summed E-state index contributed by atoms with van der Waals surface area (Å²) in [4.78, 5) is 14.7. The quantitative estimate of drug-likeness (QED) is 0.551. The SMILES string of the molecule is C=CC[C@@]1(c2ccc(C)cc2)CCN(C(C)c2ccc(Br)cc2)C(=O)O1. The average Bonchev–Trinajstić information content (AvgIpc) is 2.63. The lowest BCUT2D eigenvalue weighted by atomic mass is 9.85. The van der Waals surface area contributed by atoms with Crippen LogP contribution in [-0.4, -0.2) is 17.5 Å². The number of rotatable bonds is 5. The maximum atomic E-state index is 12.9. The topological polar surface area (TPSA) is 29.5 Å². The third-order valence-corrected chi connectivity index (χ3v) is 5.67. The van der Waals surface area contributed by atoms with E-state index in [2.05, 4.69) is 53.7 Å². The summed E-state index contributed by atoms with van der Waals surface area (Å²) < 4.78 is 7.05. The zero-order chi connectivity index (χ0) is 18.7. The zero-order valence-electron chi connectivity index (χ0n) is 15.2. The number of benzene rings is 2. The van der Waals surface area contributed by atoms with Crippen molar-refractivity contribution in [3.05, 3.63) is 82.3 Å². The van der Waals surface area contributed by atoms with Gasteiger partial charge in [0.05, 0.1) is 6.04 Å². The first-order chi connectivity index (χ1) is 12.4. The van der Waals surface area contributed by atoms with Gasteiger partial charge in [0, 0.05) is 23.9 Å². The van der Waals surface area contributed by atoms with E-state index in [9.17, 15) is 4.79 Å². The van der Waals surface area contributed by atoms with Gasteiger partial charge in [-0.3, -0.25) is 0 Å². The van der Waals surface area contributed by atoms with Crippen molar-refractivity contribution in [2.75, 3.05) is 6.54 Å². The summed E-state index contributed by atoms with van der Waals surface area (Å²) in [5.41, 5.74) is 2.70. The van der Waals surface area contributed by atoms with Crippen LogP contribution in [-0.2, 0) is 10.3 Å². The molecular weight excluding hydrogens is 390 g/mol. The molecule has 1 unspecified atom stereocenters. The molecule has 2 aromatic carbocycles. The van der Waals surface area contributed by atoms with E-state index in [1.807, 2.05) is 37.3 Å². The van der Waals surface area contributed by atoms with Crippen LogP contribution in [0.15, 0.2) is 65.7 Å². The Morgan fingerprint density at radius 3 is 2.46 bits per heavy atom. The second-order valence-corrected chi connectivity index (χ2v) is 7.81. The highest BCUT2D eigenvalue weighted by Crippen LogP contribution is 2.40. The van der Waals surface area contributed by atoms with Crippen molar-refractivity contribution >= 4 is 22.0 Å². The second-order valence-electron chi connectivity index (χ2n) is 6.89. The lowest BCUT2D eigenvalue weighted by Gasteiger charge is -2.43. The molecule has 0 saturated carbocycles. The summed E-state index contributed by atoms with van der Waals surface area (Å²) in [5, 5.41) is 0. The van der Waals surface area contributed by atoms with E-state index in [1.54, 1.807) is 4.90 Å². The van der Waals surface area contributed by atoms with Crippen molar-refractivity contribution in [1.29, 1.82) is 0 Å². The molecule has 1 fully saturated rings. The van der Waals surface area contributed by atoms with Crippen molar-refractivity contribution in [2.24, 2.45) is 0 Å². The lowest BCUT2D eigenvalue weighted by Crippen LogP contribution is -2.48. The molecule has 1 amide bonds. The Morgan fingerprint density at radius 1 is 1.23 bits per heavy atom. The maximum absolute atomic E-state index is 12.9. The van der Waals surface area contributed by atoms with E-state index in [-0.39, 0.29) is 12.1 Å². The number of hydrogen-bond acceptors (Lipinski definition) is 2. The van der Waals surface area contributed by atoms with E-state index < -0.39 is 5.60 Å². The van der Waals surface area contributed by atoms with Crippen LogP contribution in [0.3, 0.4) is 0 Å². The molecule has 1 aliphatic rings. The molecule has 0 spiro atoms. The highest BCUT2D eigenvalue weighted by Gasteiger charge is 2.42. The fourth-order valence-electron chi connectivity index (χ4n) is 3.50. The van der Waals surface area contributed by atoms with Gasteiger partial charge in [-0.25, -0.2) is 4.79 Å². The van der Waals surface area contributed by atoms with Gasteiger partial charge >= 0.3 is 6.09 Å². The molecule has 0 aliphatic carbocycles. The number of amides is 1. The van der Waals surface area contributed by atoms with Gasteiger partial charge < -0.3 is 9.64 Å². The third kappa shape index (κ3) is 3.70. The molecule has 3 rings (SSSR count). The van der Waals surface area contributed by atoms with Crippen molar-refractivity contribution in [3.8, 4) is 0 Å². The van der Waals surface area contributed by atoms with Gasteiger partial charge in [-0.2, -0.15) is 0 Å². The molecule has 0 bridgehead atoms. The molecule has 0 N–H and O–H groups in total. The van der Waals surface area contributed by atoms with Gasteiger partial charge in [-0.15, -0.1) is 6.58 Å². The van der Waals surface area contributed by atoms with E-state index >= 15 is 0 Å².